The van der Waals surface area contributed by atoms with Crippen LogP contribution in [0, 0.1) is 6.92 Å². The summed E-state index contributed by atoms with van der Waals surface area (Å²) < 4.78 is 23.2. The van der Waals surface area contributed by atoms with Crippen LogP contribution >= 0.6 is 0 Å². The maximum atomic E-state index is 5.85. The molecule has 3 aromatic rings. The highest BCUT2D eigenvalue weighted by Gasteiger charge is 2.17. The van der Waals surface area contributed by atoms with Crippen LogP contribution in [-0.2, 0) is 6.42 Å². The first kappa shape index (κ1) is 21.8. The van der Waals surface area contributed by atoms with Crippen LogP contribution < -0.4 is 23.9 Å². The van der Waals surface area contributed by atoms with Crippen LogP contribution in [-0.4, -0.2) is 26.4 Å². The summed E-state index contributed by atoms with van der Waals surface area (Å²) in [5, 5.41) is 2.25. The van der Waals surface area contributed by atoms with E-state index in [9.17, 15) is 0 Å². The number of pyridine rings is 1. The molecule has 2 aromatic carbocycles. The van der Waals surface area contributed by atoms with Crippen molar-refractivity contribution in [3.05, 3.63) is 53.3 Å². The number of aryl methyl sites for hydroxylation is 1. The molecular weight excluding hydrogens is 378 g/mol. The van der Waals surface area contributed by atoms with Gasteiger partial charge < -0.3 is 18.9 Å². The Balaban J connectivity index is 2.05. The van der Waals surface area contributed by atoms with Gasteiger partial charge in [0.25, 0.3) is 0 Å². The van der Waals surface area contributed by atoms with Gasteiger partial charge in [-0.25, -0.2) is 4.98 Å². The highest BCUT2D eigenvalue weighted by Crippen LogP contribution is 2.35. The van der Waals surface area contributed by atoms with Gasteiger partial charge in [0.2, 0.25) is 0 Å². The SMILES string of the molecule is CCOc1ccc(Cc2[nH+]c(C)cc3cc(OCC)c(OCC)cc23)cc1OCC. The molecule has 1 N–H and O–H groups in total. The molecule has 0 atom stereocenters. The van der Waals surface area contributed by atoms with Gasteiger partial charge in [-0.2, -0.15) is 0 Å². The van der Waals surface area contributed by atoms with Gasteiger partial charge in [0.15, 0.2) is 34.4 Å². The maximum absolute atomic E-state index is 5.85. The first-order valence-corrected chi connectivity index (χ1v) is 10.7. The molecule has 0 aliphatic carbocycles. The van der Waals surface area contributed by atoms with Gasteiger partial charge in [-0.05, 0) is 62.9 Å². The molecule has 5 nitrogen and oxygen atoms in total. The molecule has 0 fully saturated rings. The highest BCUT2D eigenvalue weighted by atomic mass is 16.5. The summed E-state index contributed by atoms with van der Waals surface area (Å²) in [5.74, 6) is 3.11. The molecule has 0 saturated heterocycles. The largest absolute Gasteiger partial charge is 0.490 e. The topological polar surface area (TPSA) is 51.1 Å². The van der Waals surface area contributed by atoms with Crippen molar-refractivity contribution in [1.29, 1.82) is 0 Å². The molecule has 1 heterocycles. The fourth-order valence-electron chi connectivity index (χ4n) is 3.62. The highest BCUT2D eigenvalue weighted by molar-refractivity contribution is 5.87. The van der Waals surface area contributed by atoms with Gasteiger partial charge >= 0.3 is 0 Å². The van der Waals surface area contributed by atoms with Crippen molar-refractivity contribution in [1.82, 2.24) is 0 Å². The standard InChI is InChI=1S/C25H31NO4/c1-6-27-22-11-10-18(14-23(22)28-7-2)13-21-20-16-25(30-9-4)24(29-8-3)15-19(20)12-17(5)26-21/h10-12,14-16H,6-9,13H2,1-5H3/p+1. The van der Waals surface area contributed by atoms with Crippen LogP contribution in [0.3, 0.4) is 0 Å². The number of benzene rings is 2. The summed E-state index contributed by atoms with van der Waals surface area (Å²) in [6, 6.07) is 12.4. The predicted molar refractivity (Wildman–Crippen MR) is 119 cm³/mol. The van der Waals surface area contributed by atoms with E-state index in [2.05, 4.69) is 42.2 Å². The van der Waals surface area contributed by atoms with Crippen LogP contribution in [0.5, 0.6) is 23.0 Å². The second kappa shape index (κ2) is 10.2. The molecule has 160 valence electrons. The number of rotatable bonds is 10. The first-order valence-electron chi connectivity index (χ1n) is 10.7. The van der Waals surface area contributed by atoms with Gasteiger partial charge in [0.1, 0.15) is 0 Å². The zero-order valence-electron chi connectivity index (χ0n) is 18.6. The number of hydrogen-bond acceptors (Lipinski definition) is 4. The molecule has 0 aliphatic heterocycles. The Labute approximate surface area is 178 Å². The quantitative estimate of drug-likeness (QED) is 0.464. The average molecular weight is 411 g/mol. The molecule has 3 rings (SSSR count). The predicted octanol–water partition coefficient (Wildman–Crippen LogP) is 5.15. The molecule has 0 bridgehead atoms. The number of H-pyrrole nitrogens is 1. The summed E-state index contributed by atoms with van der Waals surface area (Å²) in [7, 11) is 0. The van der Waals surface area contributed by atoms with E-state index in [1.54, 1.807) is 0 Å². The third-order valence-electron chi connectivity index (χ3n) is 4.75. The molecule has 30 heavy (non-hydrogen) atoms. The molecular formula is C25H32NO4+. The second-order valence-corrected chi connectivity index (χ2v) is 7.01. The Bertz CT molecular complexity index is 1000. The zero-order valence-corrected chi connectivity index (χ0v) is 18.6. The van der Waals surface area contributed by atoms with E-state index in [4.69, 9.17) is 18.9 Å². The van der Waals surface area contributed by atoms with Crippen LogP contribution in [0.15, 0.2) is 36.4 Å². The second-order valence-electron chi connectivity index (χ2n) is 7.01. The van der Waals surface area contributed by atoms with E-state index < -0.39 is 0 Å². The molecule has 0 unspecified atom stereocenters. The summed E-state index contributed by atoms with van der Waals surface area (Å²) in [6.45, 7) is 12.4. The van der Waals surface area contributed by atoms with Gasteiger partial charge in [-0.3, -0.25) is 0 Å². The van der Waals surface area contributed by atoms with E-state index in [0.29, 0.717) is 26.4 Å². The molecule has 1 aromatic heterocycles. The van der Waals surface area contributed by atoms with E-state index >= 15 is 0 Å². The molecule has 0 amide bonds. The molecule has 0 saturated carbocycles. The van der Waals surface area contributed by atoms with E-state index in [-0.39, 0.29) is 0 Å². The molecule has 5 heteroatoms. The lowest BCUT2D eigenvalue weighted by molar-refractivity contribution is -0.396. The summed E-state index contributed by atoms with van der Waals surface area (Å²) in [6.07, 6.45) is 0.740. The number of hydrogen-bond donors (Lipinski definition) is 0. The van der Waals surface area contributed by atoms with Crippen LogP contribution in [0.2, 0.25) is 0 Å². The smallest absolute Gasteiger partial charge is 0.192 e. The summed E-state index contributed by atoms with van der Waals surface area (Å²) in [5.41, 5.74) is 3.37. The Kier molecular flexibility index (Phi) is 7.39. The molecule has 0 radical (unpaired) electrons. The Morgan fingerprint density at radius 3 is 1.87 bits per heavy atom. The fourth-order valence-corrected chi connectivity index (χ4v) is 3.62. The molecule has 0 aliphatic rings. The monoisotopic (exact) mass is 410 g/mol. The van der Waals surface area contributed by atoms with Crippen LogP contribution in [0.4, 0.5) is 0 Å². The van der Waals surface area contributed by atoms with Gasteiger partial charge in [0.05, 0.1) is 38.2 Å². The average Bonchev–Trinajstić information content (AvgIpc) is 2.71. The van der Waals surface area contributed by atoms with Crippen molar-refractivity contribution in [3.8, 4) is 23.0 Å². The van der Waals surface area contributed by atoms with Crippen molar-refractivity contribution in [2.45, 2.75) is 41.0 Å². The normalized spacial score (nSPS) is 10.8. The Morgan fingerprint density at radius 1 is 0.667 bits per heavy atom. The lowest BCUT2D eigenvalue weighted by Gasteiger charge is -2.14. The number of ether oxygens (including phenoxy) is 4. The fraction of sp³-hybridized carbons (Fsp3) is 0.400. The maximum Gasteiger partial charge on any atom is 0.192 e. The Morgan fingerprint density at radius 2 is 1.23 bits per heavy atom. The minimum atomic E-state index is 0.590. The third kappa shape index (κ3) is 4.96. The van der Waals surface area contributed by atoms with Gasteiger partial charge in [-0.1, -0.05) is 6.07 Å². The minimum absolute atomic E-state index is 0.590. The summed E-state index contributed by atoms with van der Waals surface area (Å²) in [4.78, 5) is 3.54. The van der Waals surface area contributed by atoms with E-state index in [1.165, 1.54) is 0 Å². The van der Waals surface area contributed by atoms with Crippen molar-refractivity contribution in [3.63, 3.8) is 0 Å². The number of fused-ring (bicyclic) bond motifs is 1. The lowest BCUT2D eigenvalue weighted by Crippen LogP contribution is -2.16. The van der Waals surface area contributed by atoms with Crippen molar-refractivity contribution in [2.75, 3.05) is 26.4 Å². The van der Waals surface area contributed by atoms with E-state index in [1.807, 2.05) is 33.8 Å². The first-order chi connectivity index (χ1) is 14.6. The van der Waals surface area contributed by atoms with Crippen molar-refractivity contribution in [2.24, 2.45) is 0 Å². The lowest BCUT2D eigenvalue weighted by atomic mass is 10.0. The third-order valence-corrected chi connectivity index (χ3v) is 4.75. The number of aromatic amines is 1. The Hall–Kier alpha value is -2.95. The van der Waals surface area contributed by atoms with Crippen LogP contribution in [0.1, 0.15) is 44.6 Å². The van der Waals surface area contributed by atoms with Crippen LogP contribution in [0.25, 0.3) is 10.8 Å². The van der Waals surface area contributed by atoms with E-state index in [0.717, 1.165) is 57.1 Å². The van der Waals surface area contributed by atoms with Crippen molar-refractivity contribution < 1.29 is 23.9 Å². The zero-order chi connectivity index (χ0) is 21.5. The summed E-state index contributed by atoms with van der Waals surface area (Å²) >= 11 is 0. The molecule has 0 spiro atoms. The van der Waals surface area contributed by atoms with Crippen molar-refractivity contribution >= 4 is 10.8 Å². The van der Waals surface area contributed by atoms with Gasteiger partial charge in [-0.15, -0.1) is 0 Å². The number of nitrogens with one attached hydrogen (secondary N) is 1. The minimum Gasteiger partial charge on any atom is -0.490 e. The van der Waals surface area contributed by atoms with Gasteiger partial charge in [0, 0.05) is 13.0 Å². The number of aromatic nitrogens is 1.